The Hall–Kier alpha value is -2.69. The molecule has 0 bridgehead atoms. The molecule has 11 heteroatoms. The van der Waals surface area contributed by atoms with Crippen LogP contribution in [0.5, 0.6) is 0 Å². The van der Waals surface area contributed by atoms with E-state index >= 15 is 0 Å². The largest absolute Gasteiger partial charge is 0.442 e. The van der Waals surface area contributed by atoms with Crippen molar-refractivity contribution in [3.63, 3.8) is 0 Å². The molecule has 0 radical (unpaired) electrons. The van der Waals surface area contributed by atoms with E-state index in [2.05, 4.69) is 10.5 Å². The Labute approximate surface area is 181 Å². The van der Waals surface area contributed by atoms with Crippen LogP contribution < -0.4 is 20.9 Å². The quantitative estimate of drug-likeness (QED) is 0.654. The second-order valence-electron chi connectivity index (χ2n) is 7.19. The number of nitrogens with zero attached hydrogens (tertiary/aromatic N) is 3. The number of nitroso groups, excluding NO2 is 1. The van der Waals surface area contributed by atoms with Crippen LogP contribution in [-0.4, -0.2) is 50.3 Å². The SMILES string of the molecule is NC1CCN(c2ccc(N3CC(CNC(=O)c4ccc(Cl)s4)OC3=O)cc2N=O)C1. The van der Waals surface area contributed by atoms with Gasteiger partial charge in [-0.1, -0.05) is 11.6 Å². The van der Waals surface area contributed by atoms with Gasteiger partial charge in [-0.25, -0.2) is 4.79 Å². The average Bonchev–Trinajstić information content (AvgIpc) is 3.45. The number of amides is 2. The van der Waals surface area contributed by atoms with E-state index in [9.17, 15) is 14.5 Å². The first kappa shape index (κ1) is 20.6. The number of carbonyl (C=O) groups is 2. The molecule has 2 aliphatic heterocycles. The van der Waals surface area contributed by atoms with Gasteiger partial charge in [-0.3, -0.25) is 9.69 Å². The minimum atomic E-state index is -0.541. The van der Waals surface area contributed by atoms with Gasteiger partial charge < -0.3 is 20.7 Å². The molecule has 4 rings (SSSR count). The number of halogens is 1. The second-order valence-corrected chi connectivity index (χ2v) is 8.90. The maximum absolute atomic E-state index is 12.3. The highest BCUT2D eigenvalue weighted by Crippen LogP contribution is 2.35. The zero-order chi connectivity index (χ0) is 21.3. The number of rotatable bonds is 6. The minimum Gasteiger partial charge on any atom is -0.442 e. The Balaban J connectivity index is 1.41. The summed E-state index contributed by atoms with van der Waals surface area (Å²) in [5.74, 6) is -0.276. The molecule has 9 nitrogen and oxygen atoms in total. The molecule has 1 aromatic heterocycles. The average molecular weight is 450 g/mol. The molecule has 1 aromatic carbocycles. The van der Waals surface area contributed by atoms with Gasteiger partial charge in [-0.05, 0) is 41.9 Å². The van der Waals surface area contributed by atoms with Gasteiger partial charge in [-0.15, -0.1) is 16.2 Å². The number of thiophene rings is 1. The van der Waals surface area contributed by atoms with Crippen LogP contribution in [0.3, 0.4) is 0 Å². The summed E-state index contributed by atoms with van der Waals surface area (Å²) in [7, 11) is 0. The van der Waals surface area contributed by atoms with Crippen LogP contribution in [0.2, 0.25) is 4.34 Å². The molecule has 2 saturated heterocycles. The first-order valence-electron chi connectivity index (χ1n) is 9.44. The van der Waals surface area contributed by atoms with Gasteiger partial charge in [0.05, 0.1) is 28.0 Å². The first-order valence-corrected chi connectivity index (χ1v) is 10.6. The van der Waals surface area contributed by atoms with Gasteiger partial charge in [0.2, 0.25) is 0 Å². The molecule has 158 valence electrons. The number of anilines is 2. The standard InChI is InChI=1S/C19H20ClN5O4S/c20-17-4-3-16(30-17)18(26)22-8-13-10-25(19(27)29-13)12-1-2-15(14(7-12)23-28)24-6-5-11(21)9-24/h1-4,7,11,13H,5-6,8-10,21H2,(H,22,26). The number of benzene rings is 1. The van der Waals surface area contributed by atoms with Crippen molar-refractivity contribution < 1.29 is 14.3 Å². The maximum atomic E-state index is 12.3. The number of nitrogens with two attached hydrogens (primary N) is 1. The van der Waals surface area contributed by atoms with Gasteiger partial charge in [0.1, 0.15) is 11.8 Å². The third-order valence-corrected chi connectivity index (χ3v) is 6.33. The third-order valence-electron chi connectivity index (χ3n) is 5.10. The smallest absolute Gasteiger partial charge is 0.414 e. The summed E-state index contributed by atoms with van der Waals surface area (Å²) in [5.41, 5.74) is 7.42. The summed E-state index contributed by atoms with van der Waals surface area (Å²) in [4.78, 5) is 39.8. The summed E-state index contributed by atoms with van der Waals surface area (Å²) in [6.07, 6.45) is -0.203. The summed E-state index contributed by atoms with van der Waals surface area (Å²) in [5, 5.41) is 5.88. The lowest BCUT2D eigenvalue weighted by atomic mass is 10.2. The highest BCUT2D eigenvalue weighted by atomic mass is 35.5. The summed E-state index contributed by atoms with van der Waals surface area (Å²) >= 11 is 7.02. The fourth-order valence-electron chi connectivity index (χ4n) is 3.59. The predicted molar refractivity (Wildman–Crippen MR) is 116 cm³/mol. The molecule has 3 heterocycles. The highest BCUT2D eigenvalue weighted by Gasteiger charge is 2.33. The molecule has 2 aromatic rings. The first-order chi connectivity index (χ1) is 14.4. The monoisotopic (exact) mass is 449 g/mol. The van der Waals surface area contributed by atoms with Crippen molar-refractivity contribution in [3.8, 4) is 0 Å². The molecular weight excluding hydrogens is 430 g/mol. The van der Waals surface area contributed by atoms with E-state index in [4.69, 9.17) is 22.1 Å². The molecule has 2 fully saturated rings. The van der Waals surface area contributed by atoms with Gasteiger partial charge >= 0.3 is 6.09 Å². The van der Waals surface area contributed by atoms with Crippen molar-refractivity contribution in [2.45, 2.75) is 18.6 Å². The predicted octanol–water partition coefficient (Wildman–Crippen LogP) is 3.09. The molecule has 30 heavy (non-hydrogen) atoms. The third kappa shape index (κ3) is 4.25. The van der Waals surface area contributed by atoms with E-state index in [0.717, 1.165) is 13.0 Å². The molecular formula is C19H20ClN5O4S. The fourth-order valence-corrected chi connectivity index (χ4v) is 4.55. The van der Waals surface area contributed by atoms with Gasteiger partial charge in [-0.2, -0.15) is 0 Å². The van der Waals surface area contributed by atoms with Crippen LogP contribution >= 0.6 is 22.9 Å². The van der Waals surface area contributed by atoms with Crippen molar-refractivity contribution >= 4 is 52.0 Å². The Kier molecular flexibility index (Phi) is 5.89. The van der Waals surface area contributed by atoms with Crippen LogP contribution in [0.15, 0.2) is 35.5 Å². The van der Waals surface area contributed by atoms with E-state index in [1.54, 1.807) is 30.3 Å². The summed E-state index contributed by atoms with van der Waals surface area (Å²) < 4.78 is 5.88. The molecule has 2 amide bonds. The molecule has 0 spiro atoms. The molecule has 0 saturated carbocycles. The summed E-state index contributed by atoms with van der Waals surface area (Å²) in [6.45, 7) is 1.83. The highest BCUT2D eigenvalue weighted by molar-refractivity contribution is 7.18. The molecule has 2 aliphatic rings. The van der Waals surface area contributed by atoms with Gasteiger partial charge in [0.15, 0.2) is 0 Å². The minimum absolute atomic E-state index is 0.0684. The van der Waals surface area contributed by atoms with Crippen LogP contribution in [0.4, 0.5) is 21.9 Å². The van der Waals surface area contributed by atoms with Crippen molar-refractivity contribution in [3.05, 3.63) is 44.5 Å². The Morgan fingerprint density at radius 1 is 1.33 bits per heavy atom. The van der Waals surface area contributed by atoms with E-state index in [1.165, 1.54) is 16.2 Å². The number of ether oxygens (including phenoxy) is 1. The zero-order valence-corrected chi connectivity index (χ0v) is 17.5. The normalized spacial score (nSPS) is 21.1. The van der Waals surface area contributed by atoms with Crippen LogP contribution in [0.1, 0.15) is 16.1 Å². The van der Waals surface area contributed by atoms with E-state index in [1.807, 2.05) is 4.90 Å². The molecule has 3 N–H and O–H groups in total. The zero-order valence-electron chi connectivity index (χ0n) is 15.9. The van der Waals surface area contributed by atoms with Crippen LogP contribution in [-0.2, 0) is 4.74 Å². The number of carbonyl (C=O) groups excluding carboxylic acids is 2. The van der Waals surface area contributed by atoms with E-state index in [0.29, 0.717) is 27.1 Å². The maximum Gasteiger partial charge on any atom is 0.414 e. The number of cyclic esters (lactones) is 1. The number of hydrogen-bond donors (Lipinski definition) is 2. The lowest BCUT2D eigenvalue weighted by Crippen LogP contribution is -2.34. The lowest BCUT2D eigenvalue weighted by Gasteiger charge is -2.21. The molecule has 0 aliphatic carbocycles. The van der Waals surface area contributed by atoms with Crippen molar-refractivity contribution in [2.24, 2.45) is 10.9 Å². The summed E-state index contributed by atoms with van der Waals surface area (Å²) in [6, 6.07) is 8.45. The van der Waals surface area contributed by atoms with Crippen molar-refractivity contribution in [2.75, 3.05) is 36.0 Å². The van der Waals surface area contributed by atoms with Crippen molar-refractivity contribution in [1.82, 2.24) is 5.32 Å². The van der Waals surface area contributed by atoms with Crippen molar-refractivity contribution in [1.29, 1.82) is 0 Å². The van der Waals surface area contributed by atoms with E-state index in [-0.39, 0.29) is 30.7 Å². The second kappa shape index (κ2) is 8.58. The van der Waals surface area contributed by atoms with Crippen LogP contribution in [0, 0.1) is 4.91 Å². The Bertz CT molecular complexity index is 984. The van der Waals surface area contributed by atoms with Crippen LogP contribution in [0.25, 0.3) is 0 Å². The Morgan fingerprint density at radius 2 is 2.17 bits per heavy atom. The fraction of sp³-hybridized carbons (Fsp3) is 0.368. The molecule has 2 atom stereocenters. The van der Waals surface area contributed by atoms with E-state index < -0.39 is 12.2 Å². The Morgan fingerprint density at radius 3 is 2.83 bits per heavy atom. The number of hydrogen-bond acceptors (Lipinski definition) is 8. The van der Waals surface area contributed by atoms with Gasteiger partial charge in [0, 0.05) is 24.8 Å². The topological polar surface area (TPSA) is 117 Å². The molecule has 2 unspecified atom stereocenters. The van der Waals surface area contributed by atoms with Gasteiger partial charge in [0.25, 0.3) is 5.91 Å². The number of nitrogens with one attached hydrogen (secondary N) is 1. The lowest BCUT2D eigenvalue weighted by molar-refractivity contribution is 0.0920.